The molecular weight excluding hydrogens is 400 g/mol. The molecule has 0 aliphatic rings. The molecule has 0 aliphatic heterocycles. The summed E-state index contributed by atoms with van der Waals surface area (Å²) in [5.74, 6) is 1.57. The smallest absolute Gasteiger partial charge is 0.416 e. The maximum absolute atomic E-state index is 12.8. The van der Waals surface area contributed by atoms with E-state index in [4.69, 9.17) is 25.8 Å². The number of anilines is 1. The molecule has 1 heterocycles. The number of alkyl halides is 1. The number of aromatic nitrogens is 1. The van der Waals surface area contributed by atoms with Crippen LogP contribution in [0.2, 0.25) is 0 Å². The van der Waals surface area contributed by atoms with E-state index in [2.05, 4.69) is 4.98 Å². The van der Waals surface area contributed by atoms with Crippen LogP contribution in [0.3, 0.4) is 0 Å². The van der Waals surface area contributed by atoms with E-state index < -0.39 is 11.7 Å². The Morgan fingerprint density at radius 1 is 1.21 bits per heavy atom. The SMILES string of the molecule is CC.COc1ccc(CN(C(=O)OC(C)(C)C)c2nc(CCl)cs2)c(OC)c1. The van der Waals surface area contributed by atoms with E-state index in [0.29, 0.717) is 22.3 Å². The van der Waals surface area contributed by atoms with Crippen molar-refractivity contribution in [2.75, 3.05) is 19.1 Å². The molecular formula is C20H29ClN2O4S. The summed E-state index contributed by atoms with van der Waals surface area (Å²) in [6, 6.07) is 5.44. The monoisotopic (exact) mass is 428 g/mol. The Kier molecular flexibility index (Phi) is 9.55. The maximum atomic E-state index is 12.8. The molecule has 2 rings (SSSR count). The van der Waals surface area contributed by atoms with Crippen LogP contribution in [0.4, 0.5) is 9.93 Å². The Labute approximate surface area is 176 Å². The lowest BCUT2D eigenvalue weighted by molar-refractivity contribution is 0.0577. The number of nitrogens with zero attached hydrogens (tertiary/aromatic N) is 2. The molecule has 0 bridgehead atoms. The zero-order chi connectivity index (χ0) is 21.3. The van der Waals surface area contributed by atoms with Crippen LogP contribution in [0, 0.1) is 0 Å². The van der Waals surface area contributed by atoms with Crippen molar-refractivity contribution in [2.45, 2.75) is 52.6 Å². The third-order valence-electron chi connectivity index (χ3n) is 3.34. The summed E-state index contributed by atoms with van der Waals surface area (Å²) >= 11 is 7.19. The minimum absolute atomic E-state index is 0.247. The van der Waals surface area contributed by atoms with Gasteiger partial charge in [-0.15, -0.1) is 22.9 Å². The Hall–Kier alpha value is -1.99. The van der Waals surface area contributed by atoms with Crippen LogP contribution >= 0.6 is 22.9 Å². The fourth-order valence-corrected chi connectivity index (χ4v) is 3.20. The molecule has 0 atom stereocenters. The number of hydrogen-bond donors (Lipinski definition) is 0. The van der Waals surface area contributed by atoms with Crippen LogP contribution in [-0.4, -0.2) is 30.9 Å². The summed E-state index contributed by atoms with van der Waals surface area (Å²) < 4.78 is 16.2. The van der Waals surface area contributed by atoms with Crippen LogP contribution in [-0.2, 0) is 17.2 Å². The highest BCUT2D eigenvalue weighted by atomic mass is 35.5. The van der Waals surface area contributed by atoms with Gasteiger partial charge in [0.1, 0.15) is 17.1 Å². The number of ether oxygens (including phenoxy) is 3. The number of hydrogen-bond acceptors (Lipinski definition) is 6. The van der Waals surface area contributed by atoms with Crippen LogP contribution < -0.4 is 14.4 Å². The fraction of sp³-hybridized carbons (Fsp3) is 0.500. The van der Waals surface area contributed by atoms with E-state index in [1.165, 1.54) is 16.2 Å². The van der Waals surface area contributed by atoms with E-state index in [1.54, 1.807) is 20.3 Å². The highest BCUT2D eigenvalue weighted by Crippen LogP contribution is 2.30. The number of rotatable bonds is 6. The fourth-order valence-electron chi connectivity index (χ4n) is 2.16. The number of methoxy groups -OCH3 is 2. The van der Waals surface area contributed by atoms with Gasteiger partial charge in [-0.05, 0) is 32.9 Å². The van der Waals surface area contributed by atoms with E-state index in [1.807, 2.05) is 52.1 Å². The molecule has 0 spiro atoms. The lowest BCUT2D eigenvalue weighted by atomic mass is 10.2. The van der Waals surface area contributed by atoms with Crippen molar-refractivity contribution in [3.8, 4) is 11.5 Å². The molecule has 2 aromatic rings. The second-order valence-electron chi connectivity index (χ2n) is 6.50. The summed E-state index contributed by atoms with van der Waals surface area (Å²) in [4.78, 5) is 18.7. The number of halogens is 1. The third-order valence-corrected chi connectivity index (χ3v) is 4.53. The minimum atomic E-state index is -0.619. The summed E-state index contributed by atoms with van der Waals surface area (Å²) in [7, 11) is 3.16. The molecule has 0 radical (unpaired) electrons. The molecule has 28 heavy (non-hydrogen) atoms. The number of thiazole rings is 1. The van der Waals surface area contributed by atoms with Gasteiger partial charge in [0.05, 0.1) is 32.3 Å². The van der Waals surface area contributed by atoms with Gasteiger partial charge in [-0.3, -0.25) is 0 Å². The molecule has 0 fully saturated rings. The lowest BCUT2D eigenvalue weighted by Crippen LogP contribution is -2.36. The second-order valence-corrected chi connectivity index (χ2v) is 7.60. The Balaban J connectivity index is 0.00000190. The van der Waals surface area contributed by atoms with Gasteiger partial charge in [-0.25, -0.2) is 14.7 Å². The van der Waals surface area contributed by atoms with Crippen LogP contribution in [0.5, 0.6) is 11.5 Å². The molecule has 6 nitrogen and oxygen atoms in total. The van der Waals surface area contributed by atoms with Gasteiger partial charge in [-0.1, -0.05) is 13.8 Å². The van der Waals surface area contributed by atoms with Crippen molar-refractivity contribution in [3.63, 3.8) is 0 Å². The number of benzene rings is 1. The summed E-state index contributed by atoms with van der Waals surface area (Å²) in [6.45, 7) is 9.71. The van der Waals surface area contributed by atoms with E-state index in [9.17, 15) is 4.79 Å². The van der Waals surface area contributed by atoms with Gasteiger partial charge in [0.25, 0.3) is 0 Å². The molecule has 156 valence electrons. The predicted molar refractivity (Wildman–Crippen MR) is 115 cm³/mol. The molecule has 0 aliphatic carbocycles. The first-order chi connectivity index (χ1) is 13.3. The van der Waals surface area contributed by atoms with Gasteiger partial charge in [0, 0.05) is 17.0 Å². The van der Waals surface area contributed by atoms with Crippen LogP contribution in [0.1, 0.15) is 45.9 Å². The molecule has 0 saturated heterocycles. The van der Waals surface area contributed by atoms with Crippen molar-refractivity contribution < 1.29 is 19.0 Å². The second kappa shape index (κ2) is 11.1. The largest absolute Gasteiger partial charge is 0.497 e. The minimum Gasteiger partial charge on any atom is -0.497 e. The Morgan fingerprint density at radius 2 is 1.89 bits per heavy atom. The topological polar surface area (TPSA) is 60.9 Å². The first-order valence-corrected chi connectivity index (χ1v) is 10.4. The van der Waals surface area contributed by atoms with E-state index in [0.717, 1.165) is 5.56 Å². The molecule has 8 heteroatoms. The van der Waals surface area contributed by atoms with Crippen LogP contribution in [0.25, 0.3) is 0 Å². The van der Waals surface area contributed by atoms with Crippen molar-refractivity contribution >= 4 is 34.2 Å². The standard InChI is InChI=1S/C18H23ClN2O4S.C2H6/c1-18(2,3)25-17(22)21(16-20-13(9-19)11-26-16)10-12-6-7-14(23-4)8-15(12)24-5;1-2/h6-8,11H,9-10H2,1-5H3;1-2H3. The lowest BCUT2D eigenvalue weighted by Gasteiger charge is -2.26. The average Bonchev–Trinajstić information content (AvgIpc) is 3.15. The van der Waals surface area contributed by atoms with Crippen LogP contribution in [0.15, 0.2) is 23.6 Å². The molecule has 1 amide bonds. The summed E-state index contributed by atoms with van der Waals surface area (Å²) in [5, 5.41) is 2.35. The first kappa shape index (κ1) is 24.0. The third kappa shape index (κ3) is 6.87. The Morgan fingerprint density at radius 3 is 2.39 bits per heavy atom. The molecule has 0 unspecified atom stereocenters. The Bertz CT molecular complexity index is 759. The van der Waals surface area contributed by atoms with Crippen molar-refractivity contribution in [1.29, 1.82) is 0 Å². The van der Waals surface area contributed by atoms with Crippen molar-refractivity contribution in [1.82, 2.24) is 4.98 Å². The molecule has 1 aromatic carbocycles. The highest BCUT2D eigenvalue weighted by molar-refractivity contribution is 7.14. The summed E-state index contributed by atoms with van der Waals surface area (Å²) in [6.07, 6.45) is -0.481. The molecule has 1 aromatic heterocycles. The van der Waals surface area contributed by atoms with E-state index >= 15 is 0 Å². The quantitative estimate of drug-likeness (QED) is 0.538. The maximum Gasteiger partial charge on any atom is 0.416 e. The van der Waals surface area contributed by atoms with E-state index in [-0.39, 0.29) is 12.4 Å². The molecule has 0 saturated carbocycles. The normalized spacial score (nSPS) is 10.6. The zero-order valence-electron chi connectivity index (χ0n) is 17.5. The number of amides is 1. The van der Waals surface area contributed by atoms with Gasteiger partial charge in [0.2, 0.25) is 0 Å². The molecule has 0 N–H and O–H groups in total. The first-order valence-electron chi connectivity index (χ1n) is 8.99. The average molecular weight is 429 g/mol. The number of carbonyl (C=O) groups excluding carboxylic acids is 1. The van der Waals surface area contributed by atoms with Crippen molar-refractivity contribution in [3.05, 3.63) is 34.8 Å². The zero-order valence-corrected chi connectivity index (χ0v) is 19.1. The van der Waals surface area contributed by atoms with Gasteiger partial charge < -0.3 is 14.2 Å². The predicted octanol–water partition coefficient (Wildman–Crippen LogP) is 5.87. The highest BCUT2D eigenvalue weighted by Gasteiger charge is 2.26. The number of carbonyl (C=O) groups is 1. The van der Waals surface area contributed by atoms with Gasteiger partial charge in [0.15, 0.2) is 5.13 Å². The van der Waals surface area contributed by atoms with Gasteiger partial charge in [-0.2, -0.15) is 0 Å². The van der Waals surface area contributed by atoms with Crippen molar-refractivity contribution in [2.24, 2.45) is 0 Å². The van der Waals surface area contributed by atoms with Gasteiger partial charge >= 0.3 is 6.09 Å². The summed E-state index contributed by atoms with van der Waals surface area (Å²) in [5.41, 5.74) is 0.898.